The number of carbonyl (C=O) groups excluding carboxylic acids is 1. The van der Waals surface area contributed by atoms with Crippen molar-refractivity contribution in [1.29, 1.82) is 5.26 Å². The summed E-state index contributed by atoms with van der Waals surface area (Å²) in [5.74, 6) is -2.37. The Morgan fingerprint density at radius 3 is 2.30 bits per heavy atom. The van der Waals surface area contributed by atoms with E-state index < -0.39 is 46.1 Å². The number of halogens is 5. The number of alkyl halides is 3. The van der Waals surface area contributed by atoms with Crippen LogP contribution in [0.3, 0.4) is 0 Å². The van der Waals surface area contributed by atoms with E-state index in [9.17, 15) is 22.4 Å². The molecule has 12 heteroatoms. The molecule has 0 unspecified atom stereocenters. The molecule has 230 valence electrons. The molecule has 1 fully saturated rings. The van der Waals surface area contributed by atoms with Gasteiger partial charge in [-0.15, -0.1) is 6.58 Å². The molecule has 0 saturated carbocycles. The number of hydrogen-bond acceptors (Lipinski definition) is 4. The topological polar surface area (TPSA) is 76.0 Å². The van der Waals surface area contributed by atoms with Crippen molar-refractivity contribution in [3.05, 3.63) is 89.5 Å². The van der Waals surface area contributed by atoms with Gasteiger partial charge in [-0.1, -0.05) is 32.4 Å². The molecule has 1 N–H and O–H groups in total. The van der Waals surface area contributed by atoms with Gasteiger partial charge in [-0.05, 0) is 75.7 Å². The number of aromatic amines is 1. The van der Waals surface area contributed by atoms with Crippen LogP contribution in [0.15, 0.2) is 55.4 Å². The van der Waals surface area contributed by atoms with E-state index in [0.717, 1.165) is 18.0 Å². The van der Waals surface area contributed by atoms with Crippen molar-refractivity contribution >= 4 is 34.6 Å². The number of amides is 1. The predicted octanol–water partition coefficient (Wildman–Crippen LogP) is 8.28. The van der Waals surface area contributed by atoms with Crippen molar-refractivity contribution in [1.82, 2.24) is 9.97 Å². The van der Waals surface area contributed by atoms with Crippen LogP contribution in [0, 0.1) is 23.0 Å². The Kier molecular flexibility index (Phi) is 12.1. The van der Waals surface area contributed by atoms with Gasteiger partial charge < -0.3 is 9.88 Å². The van der Waals surface area contributed by atoms with E-state index in [1.165, 1.54) is 37.3 Å². The molecule has 3 aromatic rings. The van der Waals surface area contributed by atoms with Gasteiger partial charge in [0.05, 0.1) is 17.3 Å². The first kappa shape index (κ1) is 35.1. The minimum Gasteiger partial charge on any atom is -0.349 e. The lowest BCUT2D eigenvalue weighted by Crippen LogP contribution is -2.44. The number of aromatic nitrogens is 2. The van der Waals surface area contributed by atoms with E-state index in [-0.39, 0.29) is 10.8 Å². The molecule has 6 nitrogen and oxygen atoms in total. The predicted molar refractivity (Wildman–Crippen MR) is 162 cm³/mol. The van der Waals surface area contributed by atoms with Gasteiger partial charge in [0.2, 0.25) is 0 Å². The third-order valence-electron chi connectivity index (χ3n) is 6.14. The van der Waals surface area contributed by atoms with Crippen LogP contribution in [0.4, 0.5) is 33.3 Å². The van der Waals surface area contributed by atoms with Gasteiger partial charge in [0.1, 0.15) is 22.7 Å². The Labute approximate surface area is 253 Å². The Bertz CT molecular complexity index is 1480. The zero-order chi connectivity index (χ0) is 32.5. The summed E-state index contributed by atoms with van der Waals surface area (Å²) in [6, 6.07) is 7.27. The molecule has 0 spiro atoms. The SMILES string of the molecule is C=CC.CC1(C)C(=O)N(c2ccc(C#N)c(C(F)(F)F)c2F)C(=S)N1c1ccc(CCCc2ncc[nH]2)c(F)c1.CCC. The Morgan fingerprint density at radius 1 is 1.16 bits per heavy atom. The van der Waals surface area contributed by atoms with E-state index in [0.29, 0.717) is 29.7 Å². The van der Waals surface area contributed by atoms with Gasteiger partial charge in [-0.3, -0.25) is 9.69 Å². The van der Waals surface area contributed by atoms with Crippen molar-refractivity contribution in [2.24, 2.45) is 0 Å². The molecule has 4 rings (SSSR count). The van der Waals surface area contributed by atoms with Crippen molar-refractivity contribution in [2.45, 2.75) is 72.0 Å². The molecule has 0 aliphatic carbocycles. The lowest BCUT2D eigenvalue weighted by atomic mass is 10.0. The number of aryl methyl sites for hydroxylation is 2. The quantitative estimate of drug-likeness (QED) is 0.171. The van der Waals surface area contributed by atoms with E-state index in [4.69, 9.17) is 17.5 Å². The second kappa shape index (κ2) is 14.9. The van der Waals surface area contributed by atoms with Crippen LogP contribution in [-0.4, -0.2) is 26.5 Å². The summed E-state index contributed by atoms with van der Waals surface area (Å²) in [7, 11) is 0. The second-order valence-corrected chi connectivity index (χ2v) is 10.4. The summed E-state index contributed by atoms with van der Waals surface area (Å²) in [5, 5.41) is 8.70. The number of H-pyrrole nitrogens is 1. The number of carbonyl (C=O) groups is 1. The van der Waals surface area contributed by atoms with Gasteiger partial charge in [0.15, 0.2) is 10.9 Å². The largest absolute Gasteiger partial charge is 0.420 e. The van der Waals surface area contributed by atoms with Gasteiger partial charge in [-0.25, -0.2) is 13.8 Å². The molecule has 1 aromatic heterocycles. The number of imidazole rings is 1. The van der Waals surface area contributed by atoms with Gasteiger partial charge in [0, 0.05) is 24.5 Å². The lowest BCUT2D eigenvalue weighted by molar-refractivity contribution is -0.140. The maximum atomic E-state index is 15.1. The van der Waals surface area contributed by atoms with Crippen molar-refractivity contribution < 1.29 is 26.7 Å². The summed E-state index contributed by atoms with van der Waals surface area (Å²) in [6.45, 7) is 12.4. The molecular formula is C31H34F5N5OS. The van der Waals surface area contributed by atoms with Crippen LogP contribution in [-0.2, 0) is 23.8 Å². The molecule has 1 saturated heterocycles. The fourth-order valence-corrected chi connectivity index (χ4v) is 4.82. The first-order valence-corrected chi connectivity index (χ1v) is 13.9. The number of nitriles is 1. The molecule has 2 heterocycles. The fraction of sp³-hybridized carbons (Fsp3) is 0.355. The zero-order valence-corrected chi connectivity index (χ0v) is 25.5. The highest BCUT2D eigenvalue weighted by Gasteiger charge is 2.52. The monoisotopic (exact) mass is 619 g/mol. The van der Waals surface area contributed by atoms with E-state index >= 15 is 4.39 Å². The molecule has 1 aliphatic heterocycles. The van der Waals surface area contributed by atoms with Gasteiger partial charge >= 0.3 is 6.18 Å². The number of hydrogen-bond donors (Lipinski definition) is 1. The highest BCUT2D eigenvalue weighted by Crippen LogP contribution is 2.42. The van der Waals surface area contributed by atoms with E-state index in [2.05, 4.69) is 30.4 Å². The van der Waals surface area contributed by atoms with Crippen molar-refractivity contribution in [2.75, 3.05) is 9.80 Å². The molecule has 1 amide bonds. The van der Waals surface area contributed by atoms with Crippen LogP contribution in [0.2, 0.25) is 0 Å². The van der Waals surface area contributed by atoms with Gasteiger partial charge in [0.25, 0.3) is 5.91 Å². The Morgan fingerprint density at radius 2 is 1.79 bits per heavy atom. The molecule has 43 heavy (non-hydrogen) atoms. The molecule has 1 aliphatic rings. The highest BCUT2D eigenvalue weighted by atomic mass is 32.1. The summed E-state index contributed by atoms with van der Waals surface area (Å²) < 4.78 is 70.7. The summed E-state index contributed by atoms with van der Waals surface area (Å²) in [6.07, 6.45) is 2.82. The summed E-state index contributed by atoms with van der Waals surface area (Å²) in [4.78, 5) is 22.3. The average molecular weight is 620 g/mol. The number of thiocarbonyl (C=S) groups is 1. The first-order valence-electron chi connectivity index (χ1n) is 13.5. The zero-order valence-electron chi connectivity index (χ0n) is 24.6. The van der Waals surface area contributed by atoms with Crippen LogP contribution in [0.1, 0.15) is 70.0 Å². The van der Waals surface area contributed by atoms with Crippen LogP contribution < -0.4 is 9.80 Å². The smallest absolute Gasteiger partial charge is 0.349 e. The van der Waals surface area contributed by atoms with E-state index in [1.807, 2.05) is 6.92 Å². The minimum absolute atomic E-state index is 0.184. The number of rotatable bonds is 6. The van der Waals surface area contributed by atoms with Crippen LogP contribution in [0.25, 0.3) is 0 Å². The number of nitrogens with zero attached hydrogens (tertiary/aromatic N) is 4. The standard InChI is InChI=1S/C25H20F5N5OS.C3H8.C3H6/c1-24(2)22(36)34(18-9-7-15(13-31)20(21(18)27)25(28,29)30)23(37)35(24)16-8-6-14(17(26)12-16)4-3-5-19-32-10-11-33-19;2*1-3-2/h6-12H,3-5H2,1-2H3,(H,32,33);3H2,1-2H3;3H,1H2,2H3. The van der Waals surface area contributed by atoms with E-state index in [1.54, 1.807) is 30.6 Å². The second-order valence-electron chi connectivity index (χ2n) is 10.0. The van der Waals surface area contributed by atoms with Gasteiger partial charge in [-0.2, -0.15) is 18.4 Å². The van der Waals surface area contributed by atoms with Crippen LogP contribution >= 0.6 is 12.2 Å². The molecule has 0 radical (unpaired) electrons. The number of nitrogens with one attached hydrogen (secondary N) is 1. The Balaban J connectivity index is 0.000000992. The minimum atomic E-state index is -5.18. The molecular weight excluding hydrogens is 585 g/mol. The third-order valence-corrected chi connectivity index (χ3v) is 6.51. The molecule has 2 aromatic carbocycles. The molecule has 0 atom stereocenters. The number of anilines is 2. The van der Waals surface area contributed by atoms with Crippen molar-refractivity contribution in [3.8, 4) is 6.07 Å². The lowest BCUT2D eigenvalue weighted by Gasteiger charge is -2.29. The summed E-state index contributed by atoms with van der Waals surface area (Å²) in [5.41, 5.74) is -4.32. The number of benzene rings is 2. The fourth-order valence-electron chi connectivity index (χ4n) is 4.31. The summed E-state index contributed by atoms with van der Waals surface area (Å²) >= 11 is 5.39. The maximum Gasteiger partial charge on any atom is 0.420 e. The van der Waals surface area contributed by atoms with Crippen molar-refractivity contribution in [3.63, 3.8) is 0 Å². The first-order chi connectivity index (χ1) is 20.2. The molecule has 0 bridgehead atoms. The van der Waals surface area contributed by atoms with Crippen LogP contribution in [0.5, 0.6) is 0 Å². The highest BCUT2D eigenvalue weighted by molar-refractivity contribution is 7.81. The number of allylic oxidation sites excluding steroid dienone is 1. The maximum absolute atomic E-state index is 15.1. The Hall–Kier alpha value is -4.11. The average Bonchev–Trinajstić information content (AvgIpc) is 3.50. The normalized spacial score (nSPS) is 14.0. The third kappa shape index (κ3) is 7.84.